The Balaban J connectivity index is 2.02. The van der Waals surface area contributed by atoms with E-state index in [1.807, 2.05) is 0 Å². The molecule has 1 aromatic rings. The third kappa shape index (κ3) is 3.90. The lowest BCUT2D eigenvalue weighted by molar-refractivity contribution is 0.0932. The number of pyridine rings is 1. The Labute approximate surface area is 117 Å². The average Bonchev–Trinajstić information content (AvgIpc) is 2.57. The van der Waals surface area contributed by atoms with E-state index in [0.717, 1.165) is 37.9 Å². The smallest absolute Gasteiger partial charge is 0.254 e. The van der Waals surface area contributed by atoms with Crippen LogP contribution in [0.25, 0.3) is 0 Å². The van der Waals surface area contributed by atoms with Crippen LogP contribution in [0.1, 0.15) is 49.4 Å². The van der Waals surface area contributed by atoms with Crippen LogP contribution in [-0.2, 0) is 0 Å². The third-order valence-corrected chi connectivity index (χ3v) is 3.94. The average molecular weight is 285 g/mol. The number of hydrogen-bond acceptors (Lipinski definition) is 2. The lowest BCUT2D eigenvalue weighted by Crippen LogP contribution is -2.34. The number of aromatic nitrogens is 1. The molecule has 5 heteroatoms. The van der Waals surface area contributed by atoms with E-state index in [4.69, 9.17) is 11.6 Å². The van der Waals surface area contributed by atoms with Crippen molar-refractivity contribution >= 4 is 17.5 Å². The van der Waals surface area contributed by atoms with Crippen LogP contribution in [0.3, 0.4) is 0 Å². The summed E-state index contributed by atoms with van der Waals surface area (Å²) in [4.78, 5) is 15.7. The van der Waals surface area contributed by atoms with Gasteiger partial charge in [0.2, 0.25) is 0 Å². The molecule has 104 valence electrons. The first-order chi connectivity index (χ1) is 9.06. The van der Waals surface area contributed by atoms with Gasteiger partial charge in [0, 0.05) is 6.04 Å². The molecule has 0 aliphatic heterocycles. The minimum Gasteiger partial charge on any atom is -0.349 e. The molecule has 1 heterocycles. The summed E-state index contributed by atoms with van der Waals surface area (Å²) in [5.74, 6) is -0.179. The van der Waals surface area contributed by atoms with Crippen LogP contribution in [0, 0.1) is 11.7 Å². The van der Waals surface area contributed by atoms with Gasteiger partial charge in [-0.3, -0.25) is 4.79 Å². The highest BCUT2D eigenvalue weighted by molar-refractivity contribution is 6.32. The first-order valence-electron chi connectivity index (χ1n) is 6.68. The van der Waals surface area contributed by atoms with Crippen LogP contribution in [-0.4, -0.2) is 16.9 Å². The van der Waals surface area contributed by atoms with Gasteiger partial charge in [0.1, 0.15) is 11.0 Å². The van der Waals surface area contributed by atoms with Crippen molar-refractivity contribution in [2.75, 3.05) is 0 Å². The van der Waals surface area contributed by atoms with Gasteiger partial charge in [-0.2, -0.15) is 0 Å². The molecule has 2 atom stereocenters. The van der Waals surface area contributed by atoms with Crippen LogP contribution in [0.5, 0.6) is 0 Å². The topological polar surface area (TPSA) is 42.0 Å². The zero-order valence-corrected chi connectivity index (χ0v) is 11.7. The molecule has 0 spiro atoms. The van der Waals surface area contributed by atoms with Crippen LogP contribution < -0.4 is 5.32 Å². The predicted octanol–water partition coefficient (Wildman–Crippen LogP) is 3.57. The van der Waals surface area contributed by atoms with Gasteiger partial charge in [-0.25, -0.2) is 9.37 Å². The van der Waals surface area contributed by atoms with Crippen LogP contribution in [0.2, 0.25) is 5.15 Å². The molecule has 2 unspecified atom stereocenters. The fraction of sp³-hybridized carbons (Fsp3) is 0.571. The number of nitrogens with one attached hydrogen (secondary N) is 1. The number of carbonyl (C=O) groups excluding carboxylic acids is 1. The Kier molecular flexibility index (Phi) is 4.75. The summed E-state index contributed by atoms with van der Waals surface area (Å²) >= 11 is 5.83. The molecule has 1 amide bonds. The number of amides is 1. The fourth-order valence-electron chi connectivity index (χ4n) is 2.48. The molecule has 0 aromatic carbocycles. The SMILES string of the molecule is CC1CCCC(NC(=O)c2cc(F)cnc2Cl)CC1. The maximum absolute atomic E-state index is 13.1. The van der Waals surface area contributed by atoms with Gasteiger partial charge in [0.15, 0.2) is 0 Å². The van der Waals surface area contributed by atoms with E-state index in [-0.39, 0.29) is 22.7 Å². The van der Waals surface area contributed by atoms with Gasteiger partial charge in [0.25, 0.3) is 5.91 Å². The summed E-state index contributed by atoms with van der Waals surface area (Å²) in [7, 11) is 0. The second-order valence-electron chi connectivity index (χ2n) is 5.28. The zero-order valence-electron chi connectivity index (χ0n) is 11.0. The molecule has 1 fully saturated rings. The van der Waals surface area contributed by atoms with Gasteiger partial charge in [-0.1, -0.05) is 31.4 Å². The molecular weight excluding hydrogens is 267 g/mol. The predicted molar refractivity (Wildman–Crippen MR) is 72.7 cm³/mol. The van der Waals surface area contributed by atoms with Crippen molar-refractivity contribution < 1.29 is 9.18 Å². The first kappa shape index (κ1) is 14.3. The molecule has 0 bridgehead atoms. The Morgan fingerprint density at radius 2 is 2.21 bits per heavy atom. The molecule has 1 saturated carbocycles. The molecule has 1 N–H and O–H groups in total. The number of halogens is 2. The van der Waals surface area contributed by atoms with Gasteiger partial charge < -0.3 is 5.32 Å². The highest BCUT2D eigenvalue weighted by Gasteiger charge is 2.20. The largest absolute Gasteiger partial charge is 0.349 e. The minimum absolute atomic E-state index is 0.0425. The Morgan fingerprint density at radius 1 is 1.42 bits per heavy atom. The highest BCUT2D eigenvalue weighted by atomic mass is 35.5. The van der Waals surface area contributed by atoms with Gasteiger partial charge >= 0.3 is 0 Å². The monoisotopic (exact) mass is 284 g/mol. The van der Waals surface area contributed by atoms with E-state index in [1.165, 1.54) is 6.42 Å². The molecule has 0 radical (unpaired) electrons. The van der Waals surface area contributed by atoms with Crippen LogP contribution in [0.15, 0.2) is 12.3 Å². The summed E-state index contributed by atoms with van der Waals surface area (Å²) in [5, 5.41) is 2.98. The summed E-state index contributed by atoms with van der Waals surface area (Å²) < 4.78 is 13.1. The molecule has 1 aromatic heterocycles. The summed E-state index contributed by atoms with van der Waals surface area (Å²) in [6.07, 6.45) is 6.37. The zero-order chi connectivity index (χ0) is 13.8. The number of carbonyl (C=O) groups is 1. The van der Waals surface area contributed by atoms with Gasteiger partial charge in [-0.15, -0.1) is 0 Å². The maximum Gasteiger partial charge on any atom is 0.254 e. The van der Waals surface area contributed by atoms with Crippen molar-refractivity contribution in [3.05, 3.63) is 28.8 Å². The summed E-state index contributed by atoms with van der Waals surface area (Å²) in [5.41, 5.74) is 0.110. The van der Waals surface area contributed by atoms with Crippen molar-refractivity contribution in [1.82, 2.24) is 10.3 Å². The molecule has 2 rings (SSSR count). The molecule has 1 aliphatic rings. The normalized spacial score (nSPS) is 23.7. The fourth-order valence-corrected chi connectivity index (χ4v) is 2.67. The summed E-state index contributed by atoms with van der Waals surface area (Å²) in [6.45, 7) is 2.23. The molecule has 0 saturated heterocycles. The Hall–Kier alpha value is -1.16. The minimum atomic E-state index is -0.552. The molecule has 3 nitrogen and oxygen atoms in total. The van der Waals surface area contributed by atoms with Crippen LogP contribution >= 0.6 is 11.6 Å². The van der Waals surface area contributed by atoms with Crippen molar-refractivity contribution in [2.45, 2.75) is 45.1 Å². The number of rotatable bonds is 2. The second-order valence-corrected chi connectivity index (χ2v) is 5.63. The van der Waals surface area contributed by atoms with Crippen molar-refractivity contribution in [2.24, 2.45) is 5.92 Å². The van der Waals surface area contributed by atoms with E-state index in [0.29, 0.717) is 5.92 Å². The van der Waals surface area contributed by atoms with E-state index in [9.17, 15) is 9.18 Å². The lowest BCUT2D eigenvalue weighted by atomic mass is 10.0. The van der Waals surface area contributed by atoms with Crippen molar-refractivity contribution in [3.8, 4) is 0 Å². The van der Waals surface area contributed by atoms with Crippen molar-refractivity contribution in [3.63, 3.8) is 0 Å². The first-order valence-corrected chi connectivity index (χ1v) is 7.06. The van der Waals surface area contributed by atoms with Gasteiger partial charge in [-0.05, 0) is 31.2 Å². The number of hydrogen-bond donors (Lipinski definition) is 1. The third-order valence-electron chi connectivity index (χ3n) is 3.64. The van der Waals surface area contributed by atoms with Crippen molar-refractivity contribution in [1.29, 1.82) is 0 Å². The van der Waals surface area contributed by atoms with Crippen LogP contribution in [0.4, 0.5) is 4.39 Å². The van der Waals surface area contributed by atoms with E-state index >= 15 is 0 Å². The Morgan fingerprint density at radius 3 is 3.00 bits per heavy atom. The van der Waals surface area contributed by atoms with E-state index in [2.05, 4.69) is 17.2 Å². The highest BCUT2D eigenvalue weighted by Crippen LogP contribution is 2.23. The van der Waals surface area contributed by atoms with E-state index < -0.39 is 5.82 Å². The molecule has 1 aliphatic carbocycles. The molecular formula is C14H18ClFN2O. The quantitative estimate of drug-likeness (QED) is 0.666. The number of nitrogens with zero attached hydrogens (tertiary/aromatic N) is 1. The summed E-state index contributed by atoms with van der Waals surface area (Å²) in [6, 6.07) is 1.28. The maximum atomic E-state index is 13.1. The Bertz CT molecular complexity index is 467. The molecule has 19 heavy (non-hydrogen) atoms. The standard InChI is InChI=1S/C14H18ClFN2O/c1-9-3-2-4-11(6-5-9)18-14(19)12-7-10(16)8-17-13(12)15/h7-9,11H,2-6H2,1H3,(H,18,19). The second kappa shape index (κ2) is 6.33. The van der Waals surface area contributed by atoms with E-state index in [1.54, 1.807) is 0 Å². The van der Waals surface area contributed by atoms with Gasteiger partial charge in [0.05, 0.1) is 11.8 Å². The lowest BCUT2D eigenvalue weighted by Gasteiger charge is -2.16.